The largest absolute Gasteiger partial charge is 0.465 e. The zero-order chi connectivity index (χ0) is 9.84. The molecular formula is C10H15NO2. The number of rotatable bonds is 3. The van der Waals surface area contributed by atoms with Gasteiger partial charge < -0.3 is 9.30 Å². The van der Waals surface area contributed by atoms with E-state index in [1.165, 1.54) is 7.11 Å². The van der Waals surface area contributed by atoms with Gasteiger partial charge in [0.25, 0.3) is 0 Å². The Kier molecular flexibility index (Phi) is 3.12. The zero-order valence-electron chi connectivity index (χ0n) is 8.28. The average molecular weight is 181 g/mol. The van der Waals surface area contributed by atoms with E-state index in [1.807, 2.05) is 17.0 Å². The molecule has 0 radical (unpaired) electrons. The molecule has 0 aliphatic heterocycles. The molecule has 13 heavy (non-hydrogen) atoms. The van der Waals surface area contributed by atoms with E-state index in [4.69, 9.17) is 0 Å². The minimum absolute atomic E-state index is 0.275. The number of esters is 1. The Labute approximate surface area is 78.3 Å². The molecule has 0 bridgehead atoms. The van der Waals surface area contributed by atoms with Gasteiger partial charge in [0.1, 0.15) is 0 Å². The molecule has 72 valence electrons. The lowest BCUT2D eigenvalue weighted by Crippen LogP contribution is -2.03. The van der Waals surface area contributed by atoms with Crippen LogP contribution < -0.4 is 0 Å². The molecule has 1 aromatic rings. The molecule has 0 saturated carbocycles. The number of carbonyl (C=O) groups is 1. The van der Waals surface area contributed by atoms with Crippen LogP contribution in [0.25, 0.3) is 0 Å². The van der Waals surface area contributed by atoms with Crippen molar-refractivity contribution in [2.45, 2.75) is 20.4 Å². The lowest BCUT2D eigenvalue weighted by atomic mass is 10.2. The van der Waals surface area contributed by atoms with Gasteiger partial charge in [-0.2, -0.15) is 0 Å². The smallest absolute Gasteiger partial charge is 0.339 e. The molecule has 1 heterocycles. The van der Waals surface area contributed by atoms with Crippen LogP contribution in [0.4, 0.5) is 0 Å². The second kappa shape index (κ2) is 4.12. The van der Waals surface area contributed by atoms with E-state index in [1.54, 1.807) is 6.07 Å². The average Bonchev–Trinajstić information content (AvgIpc) is 2.50. The maximum atomic E-state index is 11.1. The van der Waals surface area contributed by atoms with Crippen molar-refractivity contribution in [2.75, 3.05) is 7.11 Å². The van der Waals surface area contributed by atoms with Gasteiger partial charge in [0.2, 0.25) is 0 Å². The van der Waals surface area contributed by atoms with Crippen LogP contribution >= 0.6 is 0 Å². The van der Waals surface area contributed by atoms with Crippen LogP contribution in [0.3, 0.4) is 0 Å². The Morgan fingerprint density at radius 2 is 2.31 bits per heavy atom. The van der Waals surface area contributed by atoms with Gasteiger partial charge in [-0.15, -0.1) is 0 Å². The van der Waals surface area contributed by atoms with E-state index in [9.17, 15) is 4.79 Å². The van der Waals surface area contributed by atoms with E-state index >= 15 is 0 Å². The summed E-state index contributed by atoms with van der Waals surface area (Å²) in [6.45, 7) is 5.20. The van der Waals surface area contributed by atoms with Crippen molar-refractivity contribution in [1.82, 2.24) is 4.57 Å². The van der Waals surface area contributed by atoms with Crippen LogP contribution in [-0.4, -0.2) is 17.6 Å². The first-order valence-electron chi connectivity index (χ1n) is 4.37. The Morgan fingerprint density at radius 1 is 1.62 bits per heavy atom. The number of ether oxygens (including phenoxy) is 1. The summed E-state index contributed by atoms with van der Waals surface area (Å²) in [7, 11) is 1.39. The number of hydrogen-bond acceptors (Lipinski definition) is 2. The Balaban J connectivity index is 2.69. The second-order valence-corrected chi connectivity index (χ2v) is 3.48. The van der Waals surface area contributed by atoms with Crippen molar-refractivity contribution in [2.24, 2.45) is 5.92 Å². The molecular weight excluding hydrogens is 166 g/mol. The highest BCUT2D eigenvalue weighted by Crippen LogP contribution is 2.05. The fourth-order valence-corrected chi connectivity index (χ4v) is 1.21. The Bertz CT molecular complexity index is 289. The molecule has 0 aliphatic rings. The van der Waals surface area contributed by atoms with Crippen LogP contribution in [0, 0.1) is 5.92 Å². The minimum atomic E-state index is -0.275. The topological polar surface area (TPSA) is 31.2 Å². The molecule has 3 heteroatoms. The van der Waals surface area contributed by atoms with Gasteiger partial charge in [-0.1, -0.05) is 13.8 Å². The number of methoxy groups -OCH3 is 1. The normalized spacial score (nSPS) is 10.5. The third kappa shape index (κ3) is 2.61. The number of hydrogen-bond donors (Lipinski definition) is 0. The monoisotopic (exact) mass is 181 g/mol. The molecule has 0 unspecified atom stereocenters. The fraction of sp³-hybridized carbons (Fsp3) is 0.500. The van der Waals surface area contributed by atoms with Gasteiger partial charge >= 0.3 is 5.97 Å². The first kappa shape index (κ1) is 9.84. The third-order valence-electron chi connectivity index (χ3n) is 1.75. The summed E-state index contributed by atoms with van der Waals surface area (Å²) in [5.74, 6) is 0.306. The van der Waals surface area contributed by atoms with Gasteiger partial charge in [-0.05, 0) is 12.0 Å². The predicted molar refractivity (Wildman–Crippen MR) is 50.6 cm³/mol. The fourth-order valence-electron chi connectivity index (χ4n) is 1.21. The van der Waals surface area contributed by atoms with Crippen molar-refractivity contribution in [3.05, 3.63) is 24.0 Å². The quantitative estimate of drug-likeness (QED) is 0.667. The standard InChI is InChI=1S/C10H15NO2/c1-8(2)6-11-5-4-9(7-11)10(12)13-3/h4-5,7-8H,6H2,1-3H3. The summed E-state index contributed by atoms with van der Waals surface area (Å²) < 4.78 is 6.60. The molecule has 0 aromatic carbocycles. The first-order valence-corrected chi connectivity index (χ1v) is 4.37. The van der Waals surface area contributed by atoms with Gasteiger partial charge in [0, 0.05) is 18.9 Å². The lowest BCUT2D eigenvalue weighted by Gasteiger charge is -2.04. The maximum absolute atomic E-state index is 11.1. The first-order chi connectivity index (χ1) is 6.13. The highest BCUT2D eigenvalue weighted by atomic mass is 16.5. The number of carbonyl (C=O) groups excluding carboxylic acids is 1. The lowest BCUT2D eigenvalue weighted by molar-refractivity contribution is 0.0600. The summed E-state index contributed by atoms with van der Waals surface area (Å²) in [6, 6.07) is 1.77. The van der Waals surface area contributed by atoms with Gasteiger partial charge in [0.05, 0.1) is 12.7 Å². The van der Waals surface area contributed by atoms with E-state index in [2.05, 4.69) is 18.6 Å². The maximum Gasteiger partial charge on any atom is 0.339 e. The van der Waals surface area contributed by atoms with Crippen molar-refractivity contribution in [3.8, 4) is 0 Å². The predicted octanol–water partition coefficient (Wildman–Crippen LogP) is 1.93. The van der Waals surface area contributed by atoms with Crippen molar-refractivity contribution >= 4 is 5.97 Å². The highest BCUT2D eigenvalue weighted by molar-refractivity contribution is 5.89. The second-order valence-electron chi connectivity index (χ2n) is 3.48. The van der Waals surface area contributed by atoms with Crippen LogP contribution in [0.1, 0.15) is 24.2 Å². The summed E-state index contributed by atoms with van der Waals surface area (Å²) >= 11 is 0. The van der Waals surface area contributed by atoms with E-state index in [-0.39, 0.29) is 5.97 Å². The molecule has 0 saturated heterocycles. The van der Waals surface area contributed by atoms with Crippen LogP contribution in [0.2, 0.25) is 0 Å². The summed E-state index contributed by atoms with van der Waals surface area (Å²) in [5.41, 5.74) is 0.614. The Hall–Kier alpha value is -1.25. The molecule has 1 rings (SSSR count). The molecule has 3 nitrogen and oxygen atoms in total. The molecule has 1 aromatic heterocycles. The van der Waals surface area contributed by atoms with Gasteiger partial charge in [-0.3, -0.25) is 0 Å². The molecule has 0 N–H and O–H groups in total. The third-order valence-corrected chi connectivity index (χ3v) is 1.75. The SMILES string of the molecule is COC(=O)c1ccn(CC(C)C)c1. The van der Waals surface area contributed by atoms with E-state index in [0.717, 1.165) is 6.54 Å². The number of aromatic nitrogens is 1. The summed E-state index contributed by atoms with van der Waals surface area (Å²) in [4.78, 5) is 11.1. The summed E-state index contributed by atoms with van der Waals surface area (Å²) in [5, 5.41) is 0. The Morgan fingerprint density at radius 3 is 2.85 bits per heavy atom. The summed E-state index contributed by atoms with van der Waals surface area (Å²) in [6.07, 6.45) is 3.71. The molecule has 0 atom stereocenters. The van der Waals surface area contributed by atoms with E-state index in [0.29, 0.717) is 11.5 Å². The number of nitrogens with zero attached hydrogens (tertiary/aromatic N) is 1. The zero-order valence-corrected chi connectivity index (χ0v) is 8.28. The molecule has 0 fully saturated rings. The van der Waals surface area contributed by atoms with Crippen molar-refractivity contribution in [3.63, 3.8) is 0 Å². The van der Waals surface area contributed by atoms with Crippen molar-refractivity contribution < 1.29 is 9.53 Å². The van der Waals surface area contributed by atoms with Gasteiger partial charge in [0.15, 0.2) is 0 Å². The van der Waals surface area contributed by atoms with Gasteiger partial charge in [-0.25, -0.2) is 4.79 Å². The molecule has 0 aliphatic carbocycles. The molecule has 0 spiro atoms. The highest BCUT2D eigenvalue weighted by Gasteiger charge is 2.06. The van der Waals surface area contributed by atoms with E-state index < -0.39 is 0 Å². The molecule has 0 amide bonds. The van der Waals surface area contributed by atoms with Crippen LogP contribution in [0.15, 0.2) is 18.5 Å². The minimum Gasteiger partial charge on any atom is -0.465 e. The van der Waals surface area contributed by atoms with Crippen molar-refractivity contribution in [1.29, 1.82) is 0 Å². The van der Waals surface area contributed by atoms with Crippen LogP contribution in [-0.2, 0) is 11.3 Å². The van der Waals surface area contributed by atoms with Crippen LogP contribution in [0.5, 0.6) is 0 Å².